The third-order valence-corrected chi connectivity index (χ3v) is 4.18. The van der Waals surface area contributed by atoms with Gasteiger partial charge in [-0.05, 0) is 24.6 Å². The minimum absolute atomic E-state index is 0.0257. The van der Waals surface area contributed by atoms with E-state index in [4.69, 9.17) is 23.2 Å². The summed E-state index contributed by atoms with van der Waals surface area (Å²) in [6, 6.07) is 4.37. The molecule has 0 heterocycles. The summed E-state index contributed by atoms with van der Waals surface area (Å²) in [7, 11) is -3.55. The lowest BCUT2D eigenvalue weighted by Gasteiger charge is -2.08. The van der Waals surface area contributed by atoms with Gasteiger partial charge in [0, 0.05) is 11.6 Å². The fourth-order valence-electron chi connectivity index (χ4n) is 1.14. The molecule has 6 heteroatoms. The maximum Gasteiger partial charge on any atom is 0.242 e. The summed E-state index contributed by atoms with van der Waals surface area (Å²) in [4.78, 5) is 0.0257. The minimum Gasteiger partial charge on any atom is -0.211 e. The Kier molecular flexibility index (Phi) is 5.05. The number of hydrogen-bond donors (Lipinski definition) is 1. The van der Waals surface area contributed by atoms with Crippen LogP contribution in [0.25, 0.3) is 0 Å². The number of unbranched alkanes of at least 4 members (excludes halogenated alkanes) is 1. The number of nitrogens with one attached hydrogen (secondary N) is 1. The molecular formula is C10H13Cl2NO2S. The van der Waals surface area contributed by atoms with Crippen molar-refractivity contribution >= 4 is 33.2 Å². The molecule has 0 fully saturated rings. The molecule has 0 aromatic heterocycles. The van der Waals surface area contributed by atoms with Crippen molar-refractivity contribution in [2.24, 2.45) is 0 Å². The molecule has 1 N–H and O–H groups in total. The third kappa shape index (κ3) is 3.63. The van der Waals surface area contributed by atoms with Crippen molar-refractivity contribution < 1.29 is 8.42 Å². The van der Waals surface area contributed by atoms with Crippen molar-refractivity contribution in [3.8, 4) is 0 Å². The largest absolute Gasteiger partial charge is 0.242 e. The molecule has 1 aromatic carbocycles. The Morgan fingerprint density at radius 1 is 1.31 bits per heavy atom. The Balaban J connectivity index is 2.93. The first-order valence-electron chi connectivity index (χ1n) is 4.92. The predicted molar refractivity (Wildman–Crippen MR) is 66.6 cm³/mol. The fourth-order valence-corrected chi connectivity index (χ4v) is 2.98. The van der Waals surface area contributed by atoms with Crippen LogP contribution in [-0.4, -0.2) is 15.0 Å². The van der Waals surface area contributed by atoms with Crippen LogP contribution >= 0.6 is 23.2 Å². The van der Waals surface area contributed by atoms with Gasteiger partial charge in [0.1, 0.15) is 4.90 Å². The van der Waals surface area contributed by atoms with Gasteiger partial charge in [-0.2, -0.15) is 0 Å². The fraction of sp³-hybridized carbons (Fsp3) is 0.400. The van der Waals surface area contributed by atoms with Gasteiger partial charge in [-0.25, -0.2) is 13.1 Å². The molecule has 1 aromatic rings. The third-order valence-electron chi connectivity index (χ3n) is 2.01. The maximum absolute atomic E-state index is 11.8. The van der Waals surface area contributed by atoms with Crippen LogP contribution in [0.5, 0.6) is 0 Å². The van der Waals surface area contributed by atoms with Crippen LogP contribution in [0.3, 0.4) is 0 Å². The van der Waals surface area contributed by atoms with Crippen LogP contribution in [0, 0.1) is 0 Å². The molecule has 0 aliphatic heterocycles. The van der Waals surface area contributed by atoms with Gasteiger partial charge in [0.25, 0.3) is 0 Å². The highest BCUT2D eigenvalue weighted by molar-refractivity contribution is 7.89. The first-order chi connectivity index (χ1) is 7.47. The average Bonchev–Trinajstić information content (AvgIpc) is 2.22. The first kappa shape index (κ1) is 13.8. The van der Waals surface area contributed by atoms with E-state index in [1.165, 1.54) is 12.1 Å². The lowest BCUT2D eigenvalue weighted by atomic mass is 10.3. The molecule has 16 heavy (non-hydrogen) atoms. The van der Waals surface area contributed by atoms with E-state index >= 15 is 0 Å². The molecule has 0 radical (unpaired) electrons. The number of hydrogen-bond acceptors (Lipinski definition) is 2. The van der Waals surface area contributed by atoms with E-state index in [2.05, 4.69) is 4.72 Å². The highest BCUT2D eigenvalue weighted by atomic mass is 35.5. The summed E-state index contributed by atoms with van der Waals surface area (Å²) in [5, 5.41) is 0.522. The molecule has 0 bridgehead atoms. The van der Waals surface area contributed by atoms with Crippen LogP contribution in [0.1, 0.15) is 19.8 Å². The van der Waals surface area contributed by atoms with Crippen molar-refractivity contribution in [3.63, 3.8) is 0 Å². The van der Waals surface area contributed by atoms with E-state index in [9.17, 15) is 8.42 Å². The van der Waals surface area contributed by atoms with E-state index in [0.29, 0.717) is 11.6 Å². The quantitative estimate of drug-likeness (QED) is 0.844. The Morgan fingerprint density at radius 2 is 2.00 bits per heavy atom. The number of sulfonamides is 1. The van der Waals surface area contributed by atoms with Crippen molar-refractivity contribution in [2.75, 3.05) is 6.54 Å². The van der Waals surface area contributed by atoms with Gasteiger partial charge in [-0.15, -0.1) is 0 Å². The van der Waals surface area contributed by atoms with E-state index in [-0.39, 0.29) is 9.92 Å². The van der Waals surface area contributed by atoms with Crippen molar-refractivity contribution in [3.05, 3.63) is 28.2 Å². The summed E-state index contributed by atoms with van der Waals surface area (Å²) in [5.41, 5.74) is 0. The van der Waals surface area contributed by atoms with Crippen LogP contribution in [0.15, 0.2) is 23.1 Å². The Bertz CT molecular complexity index is 460. The van der Waals surface area contributed by atoms with Gasteiger partial charge in [0.15, 0.2) is 0 Å². The van der Waals surface area contributed by atoms with E-state index in [0.717, 1.165) is 12.8 Å². The van der Waals surface area contributed by atoms with Crippen molar-refractivity contribution in [1.29, 1.82) is 0 Å². The molecule has 0 unspecified atom stereocenters. The second-order valence-electron chi connectivity index (χ2n) is 3.33. The summed E-state index contributed by atoms with van der Waals surface area (Å²) in [6.45, 7) is 2.39. The lowest BCUT2D eigenvalue weighted by molar-refractivity contribution is 0.578. The molecule has 0 aliphatic rings. The highest BCUT2D eigenvalue weighted by Gasteiger charge is 2.17. The Morgan fingerprint density at radius 3 is 2.62 bits per heavy atom. The van der Waals surface area contributed by atoms with E-state index in [1.807, 2.05) is 6.92 Å². The molecule has 0 atom stereocenters. The normalized spacial score (nSPS) is 11.7. The molecule has 0 amide bonds. The summed E-state index contributed by atoms with van der Waals surface area (Å²) >= 11 is 11.5. The molecule has 90 valence electrons. The Labute approximate surface area is 106 Å². The first-order valence-corrected chi connectivity index (χ1v) is 7.16. The lowest BCUT2D eigenvalue weighted by Crippen LogP contribution is -2.25. The Hall–Kier alpha value is -0.290. The van der Waals surface area contributed by atoms with Crippen LogP contribution in [-0.2, 0) is 10.0 Å². The van der Waals surface area contributed by atoms with Gasteiger partial charge >= 0.3 is 0 Å². The average molecular weight is 282 g/mol. The zero-order valence-corrected chi connectivity index (χ0v) is 11.2. The molecular weight excluding hydrogens is 269 g/mol. The predicted octanol–water partition coefficient (Wildman–Crippen LogP) is 3.07. The van der Waals surface area contributed by atoms with Crippen LogP contribution in [0.4, 0.5) is 0 Å². The summed E-state index contributed by atoms with van der Waals surface area (Å²) in [5.74, 6) is 0. The minimum atomic E-state index is -3.55. The second kappa shape index (κ2) is 5.87. The zero-order valence-electron chi connectivity index (χ0n) is 8.83. The molecule has 3 nitrogen and oxygen atoms in total. The zero-order chi connectivity index (χ0) is 12.2. The number of halogens is 2. The van der Waals surface area contributed by atoms with Gasteiger partial charge in [-0.1, -0.05) is 36.5 Å². The number of rotatable bonds is 5. The smallest absolute Gasteiger partial charge is 0.211 e. The van der Waals surface area contributed by atoms with Crippen molar-refractivity contribution in [2.45, 2.75) is 24.7 Å². The molecule has 0 saturated heterocycles. The van der Waals surface area contributed by atoms with Crippen molar-refractivity contribution in [1.82, 2.24) is 4.72 Å². The van der Waals surface area contributed by atoms with Gasteiger partial charge in [0.2, 0.25) is 10.0 Å². The molecule has 0 spiro atoms. The highest BCUT2D eigenvalue weighted by Crippen LogP contribution is 2.24. The standard InChI is InChI=1S/C10H13Cl2NO2S/c1-2-3-6-13-16(14,15)10-7-8(11)4-5-9(10)12/h4-5,7,13H,2-3,6H2,1H3. The van der Waals surface area contributed by atoms with Gasteiger partial charge < -0.3 is 0 Å². The molecule has 0 saturated carbocycles. The SMILES string of the molecule is CCCCNS(=O)(=O)c1cc(Cl)ccc1Cl. The van der Waals surface area contributed by atoms with E-state index in [1.54, 1.807) is 6.07 Å². The van der Waals surface area contributed by atoms with Gasteiger partial charge in [0.05, 0.1) is 5.02 Å². The van der Waals surface area contributed by atoms with Gasteiger partial charge in [-0.3, -0.25) is 0 Å². The summed E-state index contributed by atoms with van der Waals surface area (Å²) < 4.78 is 26.1. The molecule has 0 aliphatic carbocycles. The number of benzene rings is 1. The monoisotopic (exact) mass is 281 g/mol. The van der Waals surface area contributed by atoms with E-state index < -0.39 is 10.0 Å². The summed E-state index contributed by atoms with van der Waals surface area (Å²) in [6.07, 6.45) is 1.71. The second-order valence-corrected chi connectivity index (χ2v) is 5.91. The molecule has 1 rings (SSSR count). The maximum atomic E-state index is 11.8. The topological polar surface area (TPSA) is 46.2 Å². The van der Waals surface area contributed by atoms with Crippen LogP contribution in [0.2, 0.25) is 10.0 Å². The van der Waals surface area contributed by atoms with Crippen LogP contribution < -0.4 is 4.72 Å².